The van der Waals surface area contributed by atoms with E-state index >= 15 is 0 Å². The van der Waals surface area contributed by atoms with Crippen LogP contribution in [0.1, 0.15) is 17.9 Å². The molecule has 3 nitrogen and oxygen atoms in total. The predicted octanol–water partition coefficient (Wildman–Crippen LogP) is 3.92. The summed E-state index contributed by atoms with van der Waals surface area (Å²) in [6, 6.07) is 13.9. The lowest BCUT2D eigenvalue weighted by molar-refractivity contribution is 0.268. The van der Waals surface area contributed by atoms with Crippen molar-refractivity contribution in [3.05, 3.63) is 53.1 Å². The Morgan fingerprint density at radius 3 is 2.95 bits per heavy atom. The third-order valence-corrected chi connectivity index (χ3v) is 4.22. The van der Waals surface area contributed by atoms with E-state index in [9.17, 15) is 0 Å². The van der Waals surface area contributed by atoms with Gasteiger partial charge in [-0.2, -0.15) is 0 Å². The van der Waals surface area contributed by atoms with Crippen LogP contribution in [0.4, 0.5) is 11.4 Å². The Kier molecular flexibility index (Phi) is 3.93. The van der Waals surface area contributed by atoms with E-state index in [1.807, 2.05) is 30.3 Å². The monoisotopic (exact) mass is 302 g/mol. The number of ether oxygens (including phenoxy) is 1. The lowest BCUT2D eigenvalue weighted by Crippen LogP contribution is -2.28. The molecule has 0 spiro atoms. The minimum absolute atomic E-state index is 0.443. The van der Waals surface area contributed by atoms with Crippen LogP contribution >= 0.6 is 11.6 Å². The van der Waals surface area contributed by atoms with E-state index in [2.05, 4.69) is 24.1 Å². The molecule has 2 aromatic rings. The summed E-state index contributed by atoms with van der Waals surface area (Å²) < 4.78 is 5.72. The Balaban J connectivity index is 1.82. The molecular weight excluding hydrogens is 284 g/mol. The van der Waals surface area contributed by atoms with Crippen LogP contribution in [0.5, 0.6) is 5.75 Å². The molecule has 3 rings (SSSR count). The van der Waals surface area contributed by atoms with Gasteiger partial charge in [0.2, 0.25) is 0 Å². The highest BCUT2D eigenvalue weighted by molar-refractivity contribution is 6.31. The standard InChI is InChI=1S/C17H19ClN2O/c1-20(16-10-13(18)6-7-15(16)19)11-12-8-9-21-17-5-3-2-4-14(12)17/h2-7,10,12H,8-9,11,19H2,1H3. The quantitative estimate of drug-likeness (QED) is 0.873. The van der Waals surface area contributed by atoms with Crippen LogP contribution in [0.25, 0.3) is 0 Å². The van der Waals surface area contributed by atoms with Gasteiger partial charge in [0.25, 0.3) is 0 Å². The van der Waals surface area contributed by atoms with Gasteiger partial charge in [0.1, 0.15) is 5.75 Å². The third-order valence-electron chi connectivity index (χ3n) is 3.98. The molecule has 0 saturated heterocycles. The highest BCUT2D eigenvalue weighted by atomic mass is 35.5. The molecule has 1 heterocycles. The molecule has 2 N–H and O–H groups in total. The van der Waals surface area contributed by atoms with E-state index in [1.165, 1.54) is 5.56 Å². The van der Waals surface area contributed by atoms with Crippen molar-refractivity contribution >= 4 is 23.0 Å². The van der Waals surface area contributed by atoms with Gasteiger partial charge in [-0.3, -0.25) is 0 Å². The molecule has 0 aliphatic carbocycles. The smallest absolute Gasteiger partial charge is 0.122 e. The van der Waals surface area contributed by atoms with Crippen LogP contribution in [0, 0.1) is 0 Å². The third kappa shape index (κ3) is 2.93. The number of hydrogen-bond acceptors (Lipinski definition) is 3. The fourth-order valence-corrected chi connectivity index (χ4v) is 3.05. The Morgan fingerprint density at radius 1 is 1.29 bits per heavy atom. The molecule has 0 bridgehead atoms. The maximum absolute atomic E-state index is 6.08. The first kappa shape index (κ1) is 14.1. The average Bonchev–Trinajstić information content (AvgIpc) is 2.50. The molecule has 0 fully saturated rings. The molecule has 0 saturated carbocycles. The van der Waals surface area contributed by atoms with Gasteiger partial charge in [0.05, 0.1) is 18.0 Å². The summed E-state index contributed by atoms with van der Waals surface area (Å²) in [5, 5.41) is 0.707. The summed E-state index contributed by atoms with van der Waals surface area (Å²) in [4.78, 5) is 2.17. The van der Waals surface area contributed by atoms with Crippen LogP contribution in [0.15, 0.2) is 42.5 Å². The van der Waals surface area contributed by atoms with E-state index in [1.54, 1.807) is 0 Å². The second-order valence-corrected chi connectivity index (χ2v) is 5.89. The summed E-state index contributed by atoms with van der Waals surface area (Å²) in [5.74, 6) is 1.44. The molecule has 0 aromatic heterocycles. The summed E-state index contributed by atoms with van der Waals surface area (Å²) >= 11 is 6.08. The number of nitrogens with two attached hydrogens (primary N) is 1. The van der Waals surface area contributed by atoms with Gasteiger partial charge in [0.15, 0.2) is 0 Å². The predicted molar refractivity (Wildman–Crippen MR) is 88.4 cm³/mol. The van der Waals surface area contributed by atoms with E-state index in [0.717, 1.165) is 36.7 Å². The first-order valence-corrected chi connectivity index (χ1v) is 7.51. The number of likely N-dealkylation sites (N-methyl/N-ethyl adjacent to an activating group) is 1. The molecule has 1 aliphatic rings. The zero-order valence-corrected chi connectivity index (χ0v) is 12.8. The first-order valence-electron chi connectivity index (χ1n) is 7.13. The molecule has 0 amide bonds. The summed E-state index contributed by atoms with van der Waals surface area (Å²) in [6.45, 7) is 1.66. The van der Waals surface area contributed by atoms with Crippen molar-refractivity contribution in [2.75, 3.05) is 30.8 Å². The van der Waals surface area contributed by atoms with E-state index < -0.39 is 0 Å². The number of benzene rings is 2. The van der Waals surface area contributed by atoms with Crippen molar-refractivity contribution in [2.24, 2.45) is 0 Å². The number of fused-ring (bicyclic) bond motifs is 1. The van der Waals surface area contributed by atoms with Gasteiger partial charge in [-0.15, -0.1) is 0 Å². The molecule has 1 unspecified atom stereocenters. The topological polar surface area (TPSA) is 38.5 Å². The largest absolute Gasteiger partial charge is 0.493 e. The van der Waals surface area contributed by atoms with Crippen molar-refractivity contribution in [3.63, 3.8) is 0 Å². The molecule has 0 radical (unpaired) electrons. The van der Waals surface area contributed by atoms with Crippen molar-refractivity contribution in [3.8, 4) is 5.75 Å². The van der Waals surface area contributed by atoms with Gasteiger partial charge >= 0.3 is 0 Å². The Bertz CT molecular complexity index is 644. The molecule has 2 aromatic carbocycles. The number of halogens is 1. The van der Waals surface area contributed by atoms with Crippen LogP contribution in [0.3, 0.4) is 0 Å². The summed E-state index contributed by atoms with van der Waals surface area (Å²) in [5.41, 5.74) is 9.07. The van der Waals surface area contributed by atoms with Crippen LogP contribution in [0.2, 0.25) is 5.02 Å². The Hall–Kier alpha value is -1.87. The Morgan fingerprint density at radius 2 is 2.10 bits per heavy atom. The van der Waals surface area contributed by atoms with Crippen molar-refractivity contribution in [2.45, 2.75) is 12.3 Å². The number of anilines is 2. The van der Waals surface area contributed by atoms with Crippen LogP contribution in [-0.4, -0.2) is 20.2 Å². The van der Waals surface area contributed by atoms with E-state index in [4.69, 9.17) is 22.1 Å². The van der Waals surface area contributed by atoms with Gasteiger partial charge in [-0.1, -0.05) is 29.8 Å². The SMILES string of the molecule is CN(CC1CCOc2ccccc21)c1cc(Cl)ccc1N. The lowest BCUT2D eigenvalue weighted by Gasteiger charge is -2.31. The number of hydrogen-bond donors (Lipinski definition) is 1. The zero-order valence-electron chi connectivity index (χ0n) is 12.1. The number of rotatable bonds is 3. The van der Waals surface area contributed by atoms with Gasteiger partial charge in [0, 0.05) is 24.5 Å². The van der Waals surface area contributed by atoms with Crippen molar-refractivity contribution in [1.82, 2.24) is 0 Å². The molecular formula is C17H19ClN2O. The number of nitrogens with zero attached hydrogens (tertiary/aromatic N) is 1. The van der Waals surface area contributed by atoms with E-state index in [-0.39, 0.29) is 0 Å². The van der Waals surface area contributed by atoms with Crippen molar-refractivity contribution in [1.29, 1.82) is 0 Å². The van der Waals surface area contributed by atoms with Crippen LogP contribution < -0.4 is 15.4 Å². The Labute approximate surface area is 130 Å². The molecule has 1 aliphatic heterocycles. The van der Waals surface area contributed by atoms with Gasteiger partial charge < -0.3 is 15.4 Å². The van der Waals surface area contributed by atoms with Crippen molar-refractivity contribution < 1.29 is 4.74 Å². The fourth-order valence-electron chi connectivity index (χ4n) is 2.88. The normalized spacial score (nSPS) is 17.0. The molecule has 1 atom stereocenters. The minimum Gasteiger partial charge on any atom is -0.493 e. The molecule has 4 heteroatoms. The summed E-state index contributed by atoms with van der Waals surface area (Å²) in [7, 11) is 2.06. The zero-order chi connectivity index (χ0) is 14.8. The number of nitrogen functional groups attached to an aromatic ring is 1. The number of para-hydroxylation sites is 1. The van der Waals surface area contributed by atoms with Gasteiger partial charge in [-0.25, -0.2) is 0 Å². The minimum atomic E-state index is 0.443. The van der Waals surface area contributed by atoms with Crippen LogP contribution in [-0.2, 0) is 0 Å². The summed E-state index contributed by atoms with van der Waals surface area (Å²) in [6.07, 6.45) is 1.02. The molecule has 21 heavy (non-hydrogen) atoms. The highest BCUT2D eigenvalue weighted by Gasteiger charge is 2.22. The second kappa shape index (κ2) is 5.86. The van der Waals surface area contributed by atoms with Gasteiger partial charge in [-0.05, 0) is 36.2 Å². The second-order valence-electron chi connectivity index (χ2n) is 5.46. The average molecular weight is 303 g/mol. The molecule has 110 valence electrons. The lowest BCUT2D eigenvalue weighted by atomic mass is 9.92. The maximum atomic E-state index is 6.08. The maximum Gasteiger partial charge on any atom is 0.122 e. The first-order chi connectivity index (χ1) is 10.1. The highest BCUT2D eigenvalue weighted by Crippen LogP contribution is 2.35. The fraction of sp³-hybridized carbons (Fsp3) is 0.294. The van der Waals surface area contributed by atoms with E-state index in [0.29, 0.717) is 10.9 Å².